The molecular formula is C43H25N3OS. The van der Waals surface area contributed by atoms with Crippen LogP contribution in [0.3, 0.4) is 0 Å². The molecule has 10 aromatic rings. The normalized spacial score (nSPS) is 11.8. The van der Waals surface area contributed by atoms with E-state index in [1.165, 1.54) is 31.3 Å². The van der Waals surface area contributed by atoms with Gasteiger partial charge in [0.2, 0.25) is 0 Å². The molecule has 4 nitrogen and oxygen atoms in total. The Morgan fingerprint density at radius 3 is 1.79 bits per heavy atom. The Bertz CT molecular complexity index is 2850. The number of hydrogen-bond donors (Lipinski definition) is 0. The Balaban J connectivity index is 1.22. The lowest BCUT2D eigenvalue weighted by Gasteiger charge is -2.13. The quantitative estimate of drug-likeness (QED) is 0.194. The third-order valence-electron chi connectivity index (χ3n) is 9.17. The SMILES string of the molecule is c1ccc(-c2nc(-c3cccc4c(-c5cccc6c5sc5ccccc56)cccc34)nc(-c3cccc4oc5ccccc5c34)n2)cc1. The molecular weight excluding hydrogens is 607 g/mol. The third kappa shape index (κ3) is 4.18. The zero-order chi connectivity index (χ0) is 31.6. The average Bonchev–Trinajstić information content (AvgIpc) is 3.73. The van der Waals surface area contributed by atoms with Crippen LogP contribution in [0.15, 0.2) is 156 Å². The van der Waals surface area contributed by atoms with Crippen LogP contribution >= 0.6 is 11.3 Å². The summed E-state index contributed by atoms with van der Waals surface area (Å²) in [5.74, 6) is 1.87. The molecule has 0 aliphatic rings. The van der Waals surface area contributed by atoms with Gasteiger partial charge in [0.05, 0.1) is 0 Å². The fourth-order valence-corrected chi connectivity index (χ4v) is 8.22. The molecule has 0 radical (unpaired) electrons. The number of para-hydroxylation sites is 1. The summed E-state index contributed by atoms with van der Waals surface area (Å²) in [4.78, 5) is 15.4. The van der Waals surface area contributed by atoms with Gasteiger partial charge in [-0.3, -0.25) is 0 Å². The molecule has 3 aromatic heterocycles. The molecule has 0 spiro atoms. The van der Waals surface area contributed by atoms with Gasteiger partial charge in [0.25, 0.3) is 0 Å². The average molecular weight is 632 g/mol. The van der Waals surface area contributed by atoms with E-state index in [0.29, 0.717) is 17.5 Å². The van der Waals surface area contributed by atoms with Crippen molar-refractivity contribution in [1.29, 1.82) is 0 Å². The second-order valence-electron chi connectivity index (χ2n) is 11.9. The van der Waals surface area contributed by atoms with Gasteiger partial charge in [0, 0.05) is 53.2 Å². The van der Waals surface area contributed by atoms with Crippen LogP contribution in [0.2, 0.25) is 0 Å². The van der Waals surface area contributed by atoms with Crippen LogP contribution in [0, 0.1) is 0 Å². The summed E-state index contributed by atoms with van der Waals surface area (Å²) >= 11 is 1.85. The predicted molar refractivity (Wildman–Crippen MR) is 199 cm³/mol. The molecule has 3 heterocycles. The number of furan rings is 1. The van der Waals surface area contributed by atoms with Gasteiger partial charge in [-0.15, -0.1) is 11.3 Å². The molecule has 0 aliphatic carbocycles. The van der Waals surface area contributed by atoms with Gasteiger partial charge in [-0.1, -0.05) is 133 Å². The van der Waals surface area contributed by atoms with Gasteiger partial charge >= 0.3 is 0 Å². The highest BCUT2D eigenvalue weighted by atomic mass is 32.1. The Morgan fingerprint density at radius 2 is 0.938 bits per heavy atom. The number of thiophene rings is 1. The van der Waals surface area contributed by atoms with Gasteiger partial charge in [0.15, 0.2) is 17.5 Å². The first-order valence-corrected chi connectivity index (χ1v) is 16.8. The molecule has 0 saturated heterocycles. The van der Waals surface area contributed by atoms with Crippen molar-refractivity contribution in [3.8, 4) is 45.3 Å². The molecule has 0 saturated carbocycles. The maximum Gasteiger partial charge on any atom is 0.164 e. The third-order valence-corrected chi connectivity index (χ3v) is 10.4. The van der Waals surface area contributed by atoms with Crippen molar-refractivity contribution in [2.24, 2.45) is 0 Å². The highest BCUT2D eigenvalue weighted by Crippen LogP contribution is 2.43. The van der Waals surface area contributed by atoms with Crippen molar-refractivity contribution < 1.29 is 4.42 Å². The maximum absolute atomic E-state index is 6.24. The number of aromatic nitrogens is 3. The van der Waals surface area contributed by atoms with Crippen LogP contribution < -0.4 is 0 Å². The molecule has 10 rings (SSSR count). The molecule has 0 unspecified atom stereocenters. The van der Waals surface area contributed by atoms with Crippen LogP contribution in [-0.4, -0.2) is 15.0 Å². The second kappa shape index (κ2) is 10.7. The minimum atomic E-state index is 0.610. The zero-order valence-corrected chi connectivity index (χ0v) is 26.4. The summed E-state index contributed by atoms with van der Waals surface area (Å²) in [5.41, 5.74) is 6.88. The van der Waals surface area contributed by atoms with E-state index in [-0.39, 0.29) is 0 Å². The van der Waals surface area contributed by atoms with Gasteiger partial charge in [-0.2, -0.15) is 0 Å². The molecule has 224 valence electrons. The summed E-state index contributed by atoms with van der Waals surface area (Å²) < 4.78 is 8.83. The summed E-state index contributed by atoms with van der Waals surface area (Å²) in [6.45, 7) is 0. The first-order valence-electron chi connectivity index (χ1n) is 15.9. The van der Waals surface area contributed by atoms with E-state index in [1.807, 2.05) is 72.0 Å². The first kappa shape index (κ1) is 27.0. The molecule has 0 N–H and O–H groups in total. The van der Waals surface area contributed by atoms with Crippen molar-refractivity contribution >= 4 is 64.2 Å². The molecule has 0 bridgehead atoms. The van der Waals surface area contributed by atoms with Crippen molar-refractivity contribution in [1.82, 2.24) is 15.0 Å². The Morgan fingerprint density at radius 1 is 0.375 bits per heavy atom. The number of benzene rings is 7. The van der Waals surface area contributed by atoms with Gasteiger partial charge in [-0.25, -0.2) is 15.0 Å². The number of hydrogen-bond acceptors (Lipinski definition) is 5. The Labute approximate surface area is 279 Å². The summed E-state index contributed by atoms with van der Waals surface area (Å²) in [6.07, 6.45) is 0. The fourth-order valence-electron chi connectivity index (χ4n) is 6.99. The minimum absolute atomic E-state index is 0.610. The first-order chi connectivity index (χ1) is 23.8. The van der Waals surface area contributed by atoms with E-state index in [1.54, 1.807) is 0 Å². The Kier molecular flexibility index (Phi) is 6.01. The summed E-state index contributed by atoms with van der Waals surface area (Å²) in [7, 11) is 0. The van der Waals surface area contributed by atoms with Crippen LogP contribution in [0.25, 0.3) is 98.2 Å². The van der Waals surface area contributed by atoms with Gasteiger partial charge in [0.1, 0.15) is 11.2 Å². The fraction of sp³-hybridized carbons (Fsp3) is 0. The molecule has 0 atom stereocenters. The largest absolute Gasteiger partial charge is 0.456 e. The molecule has 7 aromatic carbocycles. The molecule has 0 fully saturated rings. The van der Waals surface area contributed by atoms with Crippen molar-refractivity contribution in [2.75, 3.05) is 0 Å². The predicted octanol–water partition coefficient (Wildman–Crippen LogP) is 12.0. The van der Waals surface area contributed by atoms with Crippen LogP contribution in [-0.2, 0) is 0 Å². The van der Waals surface area contributed by atoms with E-state index < -0.39 is 0 Å². The number of fused-ring (bicyclic) bond motifs is 7. The summed E-state index contributed by atoms with van der Waals surface area (Å²) in [6, 6.07) is 52.6. The van der Waals surface area contributed by atoms with Crippen molar-refractivity contribution in [3.63, 3.8) is 0 Å². The van der Waals surface area contributed by atoms with Crippen LogP contribution in [0.5, 0.6) is 0 Å². The van der Waals surface area contributed by atoms with E-state index in [4.69, 9.17) is 19.4 Å². The highest BCUT2D eigenvalue weighted by Gasteiger charge is 2.19. The van der Waals surface area contributed by atoms with E-state index >= 15 is 0 Å². The molecule has 48 heavy (non-hydrogen) atoms. The molecule has 0 amide bonds. The van der Waals surface area contributed by atoms with Gasteiger partial charge in [-0.05, 0) is 34.5 Å². The molecule has 0 aliphatic heterocycles. The summed E-state index contributed by atoms with van der Waals surface area (Å²) in [5, 5.41) is 6.88. The van der Waals surface area contributed by atoms with Crippen molar-refractivity contribution in [2.45, 2.75) is 0 Å². The van der Waals surface area contributed by atoms with Crippen molar-refractivity contribution in [3.05, 3.63) is 152 Å². The lowest BCUT2D eigenvalue weighted by Crippen LogP contribution is -2.01. The van der Waals surface area contributed by atoms with Crippen LogP contribution in [0.1, 0.15) is 0 Å². The lowest BCUT2D eigenvalue weighted by atomic mass is 9.94. The van der Waals surface area contributed by atoms with E-state index in [9.17, 15) is 0 Å². The van der Waals surface area contributed by atoms with Crippen LogP contribution in [0.4, 0.5) is 0 Å². The van der Waals surface area contributed by atoms with E-state index in [2.05, 4.69) is 91.0 Å². The monoisotopic (exact) mass is 631 g/mol. The second-order valence-corrected chi connectivity index (χ2v) is 13.0. The maximum atomic E-state index is 6.24. The Hall–Kier alpha value is -6.17. The number of nitrogens with zero attached hydrogens (tertiary/aromatic N) is 3. The smallest absolute Gasteiger partial charge is 0.164 e. The standard InChI is InChI=1S/C43H25N3OS/c1-2-12-26(13-3-1)41-44-42(46-43(45-41)35-22-11-24-37-39(35)34-15-4-6-23-36(34)47-37)33-21-9-16-27-28(17-8-18-29(27)33)31-19-10-20-32-30-14-5-7-25-38(30)48-40(31)32/h1-25H. The minimum Gasteiger partial charge on any atom is -0.456 e. The van der Waals surface area contributed by atoms with E-state index in [0.717, 1.165) is 49.4 Å². The lowest BCUT2D eigenvalue weighted by molar-refractivity contribution is 0.669. The number of rotatable bonds is 4. The highest BCUT2D eigenvalue weighted by molar-refractivity contribution is 7.26. The zero-order valence-electron chi connectivity index (χ0n) is 25.6. The topological polar surface area (TPSA) is 51.8 Å². The molecule has 5 heteroatoms. The van der Waals surface area contributed by atoms with Gasteiger partial charge < -0.3 is 4.42 Å².